The summed E-state index contributed by atoms with van der Waals surface area (Å²) >= 11 is 0. The van der Waals surface area contributed by atoms with Crippen molar-refractivity contribution in [2.45, 2.75) is 6.92 Å². The maximum Gasteiger partial charge on any atom is 0.131 e. The summed E-state index contributed by atoms with van der Waals surface area (Å²) in [6.07, 6.45) is 0. The van der Waals surface area contributed by atoms with Crippen LogP contribution in [0.4, 0.5) is 8.78 Å². The minimum Gasteiger partial charge on any atom is -0.496 e. The Morgan fingerprint density at radius 1 is 1.06 bits per heavy atom. The standard InChI is InChI=1S/C14H12F2O/c1-9-6-13(16)12(8-14(9)17-2)10-4-3-5-11(15)7-10/h3-8H,1-2H3. The molecule has 2 aromatic rings. The minimum absolute atomic E-state index is 0.340. The number of methoxy groups -OCH3 is 1. The molecule has 0 aromatic heterocycles. The molecule has 0 N–H and O–H groups in total. The summed E-state index contributed by atoms with van der Waals surface area (Å²) < 4.78 is 32.0. The van der Waals surface area contributed by atoms with Crippen molar-refractivity contribution >= 4 is 0 Å². The van der Waals surface area contributed by atoms with E-state index in [2.05, 4.69) is 0 Å². The van der Waals surface area contributed by atoms with Gasteiger partial charge in [0.05, 0.1) is 7.11 Å². The molecule has 0 fully saturated rings. The highest BCUT2D eigenvalue weighted by atomic mass is 19.1. The largest absolute Gasteiger partial charge is 0.496 e. The highest BCUT2D eigenvalue weighted by molar-refractivity contribution is 5.66. The molecular formula is C14H12F2O. The second-order valence-corrected chi connectivity index (χ2v) is 3.81. The second kappa shape index (κ2) is 4.53. The van der Waals surface area contributed by atoms with Crippen LogP contribution in [0.1, 0.15) is 5.56 Å². The minimum atomic E-state index is -0.388. The van der Waals surface area contributed by atoms with Crippen LogP contribution in [0.5, 0.6) is 5.75 Å². The molecule has 0 heterocycles. The van der Waals surface area contributed by atoms with Crippen LogP contribution in [0, 0.1) is 18.6 Å². The Balaban J connectivity index is 2.59. The van der Waals surface area contributed by atoms with Crippen LogP contribution in [0.2, 0.25) is 0 Å². The van der Waals surface area contributed by atoms with Gasteiger partial charge in [-0.1, -0.05) is 12.1 Å². The highest BCUT2D eigenvalue weighted by Gasteiger charge is 2.10. The van der Waals surface area contributed by atoms with Gasteiger partial charge in [-0.05, 0) is 42.3 Å². The van der Waals surface area contributed by atoms with Crippen molar-refractivity contribution in [1.29, 1.82) is 0 Å². The highest BCUT2D eigenvalue weighted by Crippen LogP contribution is 2.30. The summed E-state index contributed by atoms with van der Waals surface area (Å²) in [5.41, 5.74) is 1.55. The Kier molecular flexibility index (Phi) is 3.09. The predicted molar refractivity (Wildman–Crippen MR) is 63.1 cm³/mol. The molecule has 2 aromatic carbocycles. The first-order valence-electron chi connectivity index (χ1n) is 5.22. The van der Waals surface area contributed by atoms with Crippen molar-refractivity contribution in [3.63, 3.8) is 0 Å². The molecule has 2 rings (SSSR count). The van der Waals surface area contributed by atoms with Crippen LogP contribution in [-0.2, 0) is 0 Å². The Morgan fingerprint density at radius 3 is 2.47 bits per heavy atom. The van der Waals surface area contributed by atoms with E-state index in [4.69, 9.17) is 4.74 Å². The molecule has 3 heteroatoms. The summed E-state index contributed by atoms with van der Waals surface area (Å²) in [5.74, 6) is -0.180. The molecule has 17 heavy (non-hydrogen) atoms. The van der Waals surface area contributed by atoms with Crippen LogP contribution in [0.15, 0.2) is 36.4 Å². The Bertz CT molecular complexity index is 550. The molecule has 0 saturated heterocycles. The van der Waals surface area contributed by atoms with E-state index >= 15 is 0 Å². The van der Waals surface area contributed by atoms with Crippen LogP contribution in [0.3, 0.4) is 0 Å². The van der Waals surface area contributed by atoms with E-state index in [0.717, 1.165) is 0 Å². The smallest absolute Gasteiger partial charge is 0.131 e. The Hall–Kier alpha value is -1.90. The normalized spacial score (nSPS) is 10.4. The number of halogens is 2. The van der Waals surface area contributed by atoms with Gasteiger partial charge in [0.15, 0.2) is 0 Å². The lowest BCUT2D eigenvalue weighted by Gasteiger charge is -2.09. The van der Waals surface area contributed by atoms with Crippen LogP contribution >= 0.6 is 0 Å². The third-order valence-electron chi connectivity index (χ3n) is 2.62. The molecule has 0 saturated carbocycles. The molecule has 0 radical (unpaired) electrons. The van der Waals surface area contributed by atoms with Gasteiger partial charge in [0.25, 0.3) is 0 Å². The maximum atomic E-state index is 13.8. The fourth-order valence-electron chi connectivity index (χ4n) is 1.75. The Morgan fingerprint density at radius 2 is 1.82 bits per heavy atom. The lowest BCUT2D eigenvalue weighted by Crippen LogP contribution is -1.92. The molecule has 0 aliphatic carbocycles. The Labute approximate surface area is 98.7 Å². The maximum absolute atomic E-state index is 13.8. The third-order valence-corrected chi connectivity index (χ3v) is 2.62. The summed E-state index contributed by atoms with van der Waals surface area (Å²) in [5, 5.41) is 0. The van der Waals surface area contributed by atoms with E-state index in [-0.39, 0.29) is 11.6 Å². The van der Waals surface area contributed by atoms with E-state index in [9.17, 15) is 8.78 Å². The molecule has 0 amide bonds. The van der Waals surface area contributed by atoms with Crippen molar-refractivity contribution < 1.29 is 13.5 Å². The van der Waals surface area contributed by atoms with Gasteiger partial charge < -0.3 is 4.74 Å². The number of hydrogen-bond donors (Lipinski definition) is 0. The van der Waals surface area contributed by atoms with E-state index < -0.39 is 0 Å². The van der Waals surface area contributed by atoms with E-state index in [0.29, 0.717) is 22.4 Å². The first kappa shape index (κ1) is 11.6. The SMILES string of the molecule is COc1cc(-c2cccc(F)c2)c(F)cc1C. The lowest BCUT2D eigenvalue weighted by atomic mass is 10.0. The zero-order valence-electron chi connectivity index (χ0n) is 9.63. The number of ether oxygens (including phenoxy) is 1. The van der Waals surface area contributed by atoms with Crippen molar-refractivity contribution in [3.8, 4) is 16.9 Å². The first-order valence-corrected chi connectivity index (χ1v) is 5.22. The molecule has 0 spiro atoms. The van der Waals surface area contributed by atoms with Crippen molar-refractivity contribution in [2.24, 2.45) is 0 Å². The van der Waals surface area contributed by atoms with Gasteiger partial charge in [0.2, 0.25) is 0 Å². The molecular weight excluding hydrogens is 222 g/mol. The third kappa shape index (κ3) is 2.28. The van der Waals surface area contributed by atoms with Crippen molar-refractivity contribution in [2.75, 3.05) is 7.11 Å². The molecule has 0 atom stereocenters. The van der Waals surface area contributed by atoms with Gasteiger partial charge in [-0.2, -0.15) is 0 Å². The van der Waals surface area contributed by atoms with Gasteiger partial charge in [-0.3, -0.25) is 0 Å². The zero-order chi connectivity index (χ0) is 12.4. The number of rotatable bonds is 2. The number of aryl methyl sites for hydroxylation is 1. The monoisotopic (exact) mass is 234 g/mol. The van der Waals surface area contributed by atoms with Crippen molar-refractivity contribution in [3.05, 3.63) is 53.6 Å². The van der Waals surface area contributed by atoms with Gasteiger partial charge >= 0.3 is 0 Å². The van der Waals surface area contributed by atoms with Crippen LogP contribution in [0.25, 0.3) is 11.1 Å². The summed E-state index contributed by atoms with van der Waals surface area (Å²) in [6, 6.07) is 8.81. The summed E-state index contributed by atoms with van der Waals surface area (Å²) in [4.78, 5) is 0. The zero-order valence-corrected chi connectivity index (χ0v) is 9.63. The van der Waals surface area contributed by atoms with E-state index in [1.165, 1.54) is 25.3 Å². The lowest BCUT2D eigenvalue weighted by molar-refractivity contribution is 0.410. The average molecular weight is 234 g/mol. The average Bonchev–Trinajstić information content (AvgIpc) is 2.29. The molecule has 0 unspecified atom stereocenters. The first-order chi connectivity index (χ1) is 8.11. The van der Waals surface area contributed by atoms with E-state index in [1.807, 2.05) is 0 Å². The second-order valence-electron chi connectivity index (χ2n) is 3.81. The predicted octanol–water partition coefficient (Wildman–Crippen LogP) is 3.95. The number of benzene rings is 2. The van der Waals surface area contributed by atoms with Crippen LogP contribution < -0.4 is 4.74 Å². The van der Waals surface area contributed by atoms with Gasteiger partial charge in [0, 0.05) is 5.56 Å². The molecule has 0 aliphatic rings. The van der Waals surface area contributed by atoms with Crippen molar-refractivity contribution in [1.82, 2.24) is 0 Å². The van der Waals surface area contributed by atoms with E-state index in [1.54, 1.807) is 25.1 Å². The summed E-state index contributed by atoms with van der Waals surface area (Å²) in [7, 11) is 1.52. The topological polar surface area (TPSA) is 9.23 Å². The van der Waals surface area contributed by atoms with Gasteiger partial charge in [-0.25, -0.2) is 8.78 Å². The molecule has 0 bridgehead atoms. The van der Waals surface area contributed by atoms with Crippen LogP contribution in [-0.4, -0.2) is 7.11 Å². The fraction of sp³-hybridized carbons (Fsp3) is 0.143. The molecule has 88 valence electrons. The number of hydrogen-bond acceptors (Lipinski definition) is 1. The summed E-state index contributed by atoms with van der Waals surface area (Å²) in [6.45, 7) is 1.76. The molecule has 1 nitrogen and oxygen atoms in total. The molecule has 0 aliphatic heterocycles. The quantitative estimate of drug-likeness (QED) is 0.764. The fourth-order valence-corrected chi connectivity index (χ4v) is 1.75. The van der Waals surface area contributed by atoms with Gasteiger partial charge in [0.1, 0.15) is 17.4 Å². The van der Waals surface area contributed by atoms with Gasteiger partial charge in [-0.15, -0.1) is 0 Å².